The third-order valence-corrected chi connectivity index (χ3v) is 3.35. The summed E-state index contributed by atoms with van der Waals surface area (Å²) in [5, 5.41) is 2.73. The van der Waals surface area contributed by atoms with Gasteiger partial charge in [-0.3, -0.25) is 4.79 Å². The van der Waals surface area contributed by atoms with Gasteiger partial charge in [0.25, 0.3) is 5.91 Å². The van der Waals surface area contributed by atoms with Crippen LogP contribution in [0.1, 0.15) is 11.1 Å². The van der Waals surface area contributed by atoms with E-state index in [1.165, 1.54) is 0 Å². The zero-order valence-corrected chi connectivity index (χ0v) is 12.2. The molecule has 2 aromatic rings. The zero-order valence-electron chi connectivity index (χ0n) is 12.2. The molecule has 1 heterocycles. The van der Waals surface area contributed by atoms with Crippen molar-refractivity contribution in [3.05, 3.63) is 71.4 Å². The molecule has 1 amide bonds. The Hall–Kier alpha value is -2.88. The number of hydrogen-bond acceptors (Lipinski definition) is 3. The van der Waals surface area contributed by atoms with E-state index in [1.54, 1.807) is 6.08 Å². The van der Waals surface area contributed by atoms with E-state index in [1.807, 2.05) is 61.5 Å². The van der Waals surface area contributed by atoms with Gasteiger partial charge in [-0.1, -0.05) is 42.5 Å². The second-order valence-electron chi connectivity index (χ2n) is 5.00. The first-order valence-electron chi connectivity index (χ1n) is 7.06. The third kappa shape index (κ3) is 3.23. The van der Waals surface area contributed by atoms with Crippen molar-refractivity contribution in [1.29, 1.82) is 0 Å². The average Bonchev–Trinajstić information content (AvgIpc) is 2.89. The van der Waals surface area contributed by atoms with Gasteiger partial charge in [0.1, 0.15) is 23.9 Å². The van der Waals surface area contributed by atoms with Crippen molar-refractivity contribution in [2.45, 2.75) is 6.92 Å². The van der Waals surface area contributed by atoms with E-state index in [0.717, 1.165) is 16.9 Å². The summed E-state index contributed by atoms with van der Waals surface area (Å²) in [6.07, 6.45) is 1.79. The molecule has 1 N–H and O–H groups in total. The number of carbonyl (C=O) groups is 1. The molecule has 0 bridgehead atoms. The quantitative estimate of drug-likeness (QED) is 0.881. The lowest BCUT2D eigenvalue weighted by Crippen LogP contribution is -2.28. The van der Waals surface area contributed by atoms with Gasteiger partial charge >= 0.3 is 0 Å². The molecule has 1 aliphatic heterocycles. The molecule has 4 heteroatoms. The fraction of sp³-hybridized carbons (Fsp3) is 0.111. The maximum atomic E-state index is 12.0. The Bertz CT molecular complexity index is 749. The van der Waals surface area contributed by atoms with Gasteiger partial charge in [0.05, 0.1) is 0 Å². The number of hydrogen-bond donors (Lipinski definition) is 1. The van der Waals surface area contributed by atoms with Gasteiger partial charge < -0.3 is 10.1 Å². The number of aryl methyl sites for hydroxylation is 1. The summed E-state index contributed by atoms with van der Waals surface area (Å²) < 4.78 is 5.59. The number of nitrogens with one attached hydrogen (secondary N) is 1. The first kappa shape index (κ1) is 14.1. The molecule has 0 aliphatic carbocycles. The van der Waals surface area contributed by atoms with Crippen LogP contribution in [0.5, 0.6) is 5.75 Å². The van der Waals surface area contributed by atoms with Crippen molar-refractivity contribution >= 4 is 17.8 Å². The van der Waals surface area contributed by atoms with E-state index in [9.17, 15) is 4.79 Å². The van der Waals surface area contributed by atoms with Crippen LogP contribution < -0.4 is 10.1 Å². The highest BCUT2D eigenvalue weighted by molar-refractivity contribution is 6.14. The summed E-state index contributed by atoms with van der Waals surface area (Å²) in [5.41, 5.74) is 2.49. The molecule has 2 aromatic carbocycles. The maximum absolute atomic E-state index is 12.0. The van der Waals surface area contributed by atoms with Gasteiger partial charge in [-0.25, -0.2) is 4.99 Å². The highest BCUT2D eigenvalue weighted by Crippen LogP contribution is 2.16. The normalized spacial score (nSPS) is 15.6. The number of ether oxygens (including phenoxy) is 1. The lowest BCUT2D eigenvalue weighted by molar-refractivity contribution is -0.115. The minimum atomic E-state index is -0.199. The van der Waals surface area contributed by atoms with Crippen molar-refractivity contribution in [1.82, 2.24) is 5.32 Å². The van der Waals surface area contributed by atoms with Crippen molar-refractivity contribution in [3.63, 3.8) is 0 Å². The van der Waals surface area contributed by atoms with Gasteiger partial charge in [0.15, 0.2) is 0 Å². The van der Waals surface area contributed by atoms with Crippen molar-refractivity contribution < 1.29 is 9.53 Å². The molecule has 22 heavy (non-hydrogen) atoms. The minimum Gasteiger partial charge on any atom is -0.486 e. The highest BCUT2D eigenvalue weighted by Gasteiger charge is 2.20. The molecule has 0 unspecified atom stereocenters. The average molecular weight is 292 g/mol. The molecule has 4 nitrogen and oxygen atoms in total. The van der Waals surface area contributed by atoms with Gasteiger partial charge in [-0.05, 0) is 36.3 Å². The number of amides is 1. The van der Waals surface area contributed by atoms with Crippen LogP contribution in [-0.2, 0) is 4.79 Å². The molecule has 0 spiro atoms. The summed E-state index contributed by atoms with van der Waals surface area (Å²) in [6.45, 7) is 2.24. The predicted molar refractivity (Wildman–Crippen MR) is 86.7 cm³/mol. The lowest BCUT2D eigenvalue weighted by atomic mass is 10.1. The molecule has 0 atom stereocenters. The summed E-state index contributed by atoms with van der Waals surface area (Å²) in [7, 11) is 0. The van der Waals surface area contributed by atoms with E-state index >= 15 is 0 Å². The van der Waals surface area contributed by atoms with Crippen LogP contribution in [0.25, 0.3) is 6.08 Å². The van der Waals surface area contributed by atoms with Crippen LogP contribution in [0.3, 0.4) is 0 Å². The van der Waals surface area contributed by atoms with Crippen LogP contribution in [0, 0.1) is 6.92 Å². The smallest absolute Gasteiger partial charge is 0.275 e. The second-order valence-corrected chi connectivity index (χ2v) is 5.00. The molecule has 1 aliphatic rings. The van der Waals surface area contributed by atoms with Gasteiger partial charge in [0, 0.05) is 0 Å². The number of nitrogens with zero attached hydrogens (tertiary/aromatic N) is 1. The fourth-order valence-corrected chi connectivity index (χ4v) is 2.15. The summed E-state index contributed by atoms with van der Waals surface area (Å²) in [4.78, 5) is 16.3. The number of amidine groups is 1. The van der Waals surface area contributed by atoms with E-state index in [0.29, 0.717) is 11.5 Å². The Labute approximate surface area is 129 Å². The van der Waals surface area contributed by atoms with Crippen molar-refractivity contribution in [2.24, 2.45) is 4.99 Å². The van der Waals surface area contributed by atoms with Gasteiger partial charge in [-0.15, -0.1) is 0 Å². The topological polar surface area (TPSA) is 50.7 Å². The highest BCUT2D eigenvalue weighted by atomic mass is 16.5. The van der Waals surface area contributed by atoms with Crippen LogP contribution in [0.15, 0.2) is 65.3 Å². The monoisotopic (exact) mass is 292 g/mol. The molecular weight excluding hydrogens is 276 g/mol. The standard InChI is InChI=1S/C18H16N2O2/c1-13-7-5-6-8-14(13)11-16-18(21)20-17(19-16)12-22-15-9-3-2-4-10-15/h2-11H,12H2,1H3,(H,19,20,21)/b16-11-. The number of para-hydroxylation sites is 1. The zero-order chi connectivity index (χ0) is 15.4. The first-order chi connectivity index (χ1) is 10.7. The number of carbonyl (C=O) groups excluding carboxylic acids is 1. The summed E-state index contributed by atoms with van der Waals surface area (Å²) in [5.74, 6) is 1.07. The van der Waals surface area contributed by atoms with E-state index in [-0.39, 0.29) is 12.5 Å². The minimum absolute atomic E-state index is 0.199. The predicted octanol–water partition coefficient (Wildman–Crippen LogP) is 2.94. The van der Waals surface area contributed by atoms with Crippen molar-refractivity contribution in [3.8, 4) is 5.75 Å². The largest absolute Gasteiger partial charge is 0.486 e. The van der Waals surface area contributed by atoms with Crippen molar-refractivity contribution in [2.75, 3.05) is 6.61 Å². The molecule has 0 saturated carbocycles. The molecule has 0 fully saturated rings. The number of rotatable bonds is 4. The Morgan fingerprint density at radius 1 is 1.09 bits per heavy atom. The van der Waals surface area contributed by atoms with Crippen LogP contribution in [0.2, 0.25) is 0 Å². The third-order valence-electron chi connectivity index (χ3n) is 3.35. The molecule has 0 radical (unpaired) electrons. The fourth-order valence-electron chi connectivity index (χ4n) is 2.15. The summed E-state index contributed by atoms with van der Waals surface area (Å²) >= 11 is 0. The first-order valence-corrected chi connectivity index (χ1v) is 7.06. The molecule has 110 valence electrons. The molecule has 0 saturated heterocycles. The van der Waals surface area contributed by atoms with E-state index < -0.39 is 0 Å². The lowest BCUT2D eigenvalue weighted by Gasteiger charge is -2.04. The van der Waals surface area contributed by atoms with E-state index in [4.69, 9.17) is 4.74 Å². The Morgan fingerprint density at radius 2 is 1.82 bits per heavy atom. The summed E-state index contributed by atoms with van der Waals surface area (Å²) in [6, 6.07) is 17.3. The Morgan fingerprint density at radius 3 is 2.59 bits per heavy atom. The molecule has 0 aromatic heterocycles. The molecule has 3 rings (SSSR count). The van der Waals surface area contributed by atoms with Crippen LogP contribution in [-0.4, -0.2) is 18.3 Å². The molecular formula is C18H16N2O2. The Balaban J connectivity index is 1.73. The van der Waals surface area contributed by atoms with Gasteiger partial charge in [-0.2, -0.15) is 0 Å². The number of aliphatic imine (C=N–C) groups is 1. The SMILES string of the molecule is Cc1ccccc1/C=C1\N=C(COc2ccccc2)NC1=O. The van der Waals surface area contributed by atoms with Crippen LogP contribution >= 0.6 is 0 Å². The Kier molecular flexibility index (Phi) is 4.01. The maximum Gasteiger partial charge on any atom is 0.275 e. The van der Waals surface area contributed by atoms with Gasteiger partial charge in [0.2, 0.25) is 0 Å². The van der Waals surface area contributed by atoms with E-state index in [2.05, 4.69) is 10.3 Å². The second kappa shape index (κ2) is 6.26. The van der Waals surface area contributed by atoms with Crippen LogP contribution in [0.4, 0.5) is 0 Å². The number of benzene rings is 2.